The summed E-state index contributed by atoms with van der Waals surface area (Å²) in [5, 5.41) is 5.57. The number of quaternary nitrogens is 1. The molecule has 0 aromatic carbocycles. The van der Waals surface area contributed by atoms with Crippen molar-refractivity contribution in [1.82, 2.24) is 4.98 Å². The second-order valence-electron chi connectivity index (χ2n) is 7.78. The number of rotatable bonds is 4. The minimum absolute atomic E-state index is 0.175. The van der Waals surface area contributed by atoms with Gasteiger partial charge in [0.25, 0.3) is 5.91 Å². The monoisotopic (exact) mass is 328 g/mol. The van der Waals surface area contributed by atoms with Crippen molar-refractivity contribution in [2.45, 2.75) is 83.1 Å². The number of carbonyl (C=O) groups excluding carboxylic acids is 1. The van der Waals surface area contributed by atoms with E-state index in [2.05, 4.69) is 10.6 Å². The number of nitrogens with zero attached hydrogens (tertiary/aromatic N) is 1. The first kappa shape index (κ1) is 16.1. The van der Waals surface area contributed by atoms with E-state index >= 15 is 0 Å². The zero-order valence-electron chi connectivity index (χ0n) is 14.7. The molecule has 0 unspecified atom stereocenters. The number of carbonyl (C=O) groups is 1. The number of amides is 1. The average molecular weight is 328 g/mol. The van der Waals surface area contributed by atoms with Crippen LogP contribution >= 0.6 is 0 Å². The molecule has 0 aliphatic heterocycles. The number of fused-ring (bicyclic) bond motifs is 2. The fraction of sp³-hybridized carbons (Fsp3) is 0.700. The second kappa shape index (κ2) is 7.22. The molecule has 3 aliphatic carbocycles. The SMILES string of the molecule is O=C(C[NH2+]C1CCCCC1)Nc1c2c(nc3c1CCC3)CCCC2. The van der Waals surface area contributed by atoms with Crippen LogP contribution in [0.1, 0.15) is 73.9 Å². The molecule has 24 heavy (non-hydrogen) atoms. The van der Waals surface area contributed by atoms with Crippen molar-refractivity contribution >= 4 is 11.6 Å². The van der Waals surface area contributed by atoms with E-state index in [1.807, 2.05) is 0 Å². The van der Waals surface area contributed by atoms with Gasteiger partial charge in [-0.15, -0.1) is 0 Å². The molecule has 0 bridgehead atoms. The van der Waals surface area contributed by atoms with E-state index in [-0.39, 0.29) is 5.91 Å². The van der Waals surface area contributed by atoms with Crippen molar-refractivity contribution in [3.63, 3.8) is 0 Å². The lowest BCUT2D eigenvalue weighted by Gasteiger charge is -2.23. The molecule has 1 fully saturated rings. The zero-order chi connectivity index (χ0) is 16.4. The highest BCUT2D eigenvalue weighted by atomic mass is 16.1. The Labute approximate surface area is 144 Å². The van der Waals surface area contributed by atoms with Crippen LogP contribution in [0.4, 0.5) is 5.69 Å². The van der Waals surface area contributed by atoms with E-state index in [0.29, 0.717) is 12.6 Å². The van der Waals surface area contributed by atoms with Gasteiger partial charge < -0.3 is 10.6 Å². The number of aryl methyl sites for hydroxylation is 2. The number of nitrogens with one attached hydrogen (secondary N) is 1. The molecule has 1 saturated carbocycles. The van der Waals surface area contributed by atoms with Crippen LogP contribution in [0, 0.1) is 0 Å². The van der Waals surface area contributed by atoms with Crippen molar-refractivity contribution in [3.05, 3.63) is 22.5 Å². The molecule has 1 aromatic rings. The average Bonchev–Trinajstić information content (AvgIpc) is 3.09. The van der Waals surface area contributed by atoms with Gasteiger partial charge in [0.2, 0.25) is 0 Å². The fourth-order valence-electron chi connectivity index (χ4n) is 4.73. The maximum absolute atomic E-state index is 12.6. The van der Waals surface area contributed by atoms with Crippen LogP contribution in [-0.4, -0.2) is 23.5 Å². The summed E-state index contributed by atoms with van der Waals surface area (Å²) >= 11 is 0. The van der Waals surface area contributed by atoms with Gasteiger partial charge in [0.15, 0.2) is 6.54 Å². The minimum Gasteiger partial charge on any atom is -0.336 e. The van der Waals surface area contributed by atoms with Crippen molar-refractivity contribution in [3.8, 4) is 0 Å². The van der Waals surface area contributed by atoms with E-state index < -0.39 is 0 Å². The van der Waals surface area contributed by atoms with Gasteiger partial charge in [0.1, 0.15) is 0 Å². The molecule has 3 N–H and O–H groups in total. The Morgan fingerprint density at radius 1 is 0.917 bits per heavy atom. The van der Waals surface area contributed by atoms with E-state index in [0.717, 1.165) is 31.4 Å². The Kier molecular flexibility index (Phi) is 4.83. The van der Waals surface area contributed by atoms with Crippen LogP contribution in [0.5, 0.6) is 0 Å². The Morgan fingerprint density at radius 3 is 2.38 bits per heavy atom. The van der Waals surface area contributed by atoms with Crippen LogP contribution in [-0.2, 0) is 30.5 Å². The number of hydrogen-bond donors (Lipinski definition) is 2. The molecule has 3 aliphatic rings. The maximum Gasteiger partial charge on any atom is 0.279 e. The highest BCUT2D eigenvalue weighted by molar-refractivity contribution is 5.93. The van der Waals surface area contributed by atoms with E-state index in [1.165, 1.54) is 73.9 Å². The van der Waals surface area contributed by atoms with Crippen LogP contribution < -0.4 is 10.6 Å². The summed E-state index contributed by atoms with van der Waals surface area (Å²) in [4.78, 5) is 17.5. The highest BCUT2D eigenvalue weighted by Gasteiger charge is 2.26. The number of hydrogen-bond acceptors (Lipinski definition) is 2. The number of nitrogens with two attached hydrogens (primary N) is 1. The van der Waals surface area contributed by atoms with Crippen molar-refractivity contribution < 1.29 is 10.1 Å². The standard InChI is InChI=1S/C20H29N3O/c24-19(13-21-14-7-2-1-3-8-14)23-20-15-9-4-5-11-17(15)22-18-12-6-10-16(18)20/h14,21H,1-13H2,(H,22,23,24)/p+1. The summed E-state index contributed by atoms with van der Waals surface area (Å²) in [5.41, 5.74) is 6.33. The predicted octanol–water partition coefficient (Wildman–Crippen LogP) is 2.28. The Bertz CT molecular complexity index is 620. The molecule has 0 atom stereocenters. The molecular formula is C20H30N3O+. The summed E-state index contributed by atoms with van der Waals surface area (Å²) in [5.74, 6) is 0.175. The van der Waals surface area contributed by atoms with Gasteiger partial charge in [0.05, 0.1) is 11.7 Å². The van der Waals surface area contributed by atoms with Gasteiger partial charge in [-0.2, -0.15) is 0 Å². The molecule has 0 radical (unpaired) electrons. The summed E-state index contributed by atoms with van der Waals surface area (Å²) in [7, 11) is 0. The molecule has 1 amide bonds. The summed E-state index contributed by atoms with van der Waals surface area (Å²) < 4.78 is 0. The third kappa shape index (κ3) is 3.34. The molecule has 1 heterocycles. The van der Waals surface area contributed by atoms with E-state index in [4.69, 9.17) is 4.98 Å². The van der Waals surface area contributed by atoms with Crippen LogP contribution in [0.3, 0.4) is 0 Å². The highest BCUT2D eigenvalue weighted by Crippen LogP contribution is 2.35. The lowest BCUT2D eigenvalue weighted by molar-refractivity contribution is -0.681. The van der Waals surface area contributed by atoms with Gasteiger partial charge >= 0.3 is 0 Å². The van der Waals surface area contributed by atoms with Crippen LogP contribution in [0.25, 0.3) is 0 Å². The number of pyridine rings is 1. The van der Waals surface area contributed by atoms with Crippen molar-refractivity contribution in [2.75, 3.05) is 11.9 Å². The lowest BCUT2D eigenvalue weighted by atomic mass is 9.92. The molecule has 4 rings (SSSR count). The molecule has 0 spiro atoms. The number of aromatic nitrogens is 1. The minimum atomic E-state index is 0.175. The number of anilines is 1. The molecular weight excluding hydrogens is 298 g/mol. The first-order valence-electron chi connectivity index (χ1n) is 9.98. The van der Waals surface area contributed by atoms with Crippen LogP contribution in [0.2, 0.25) is 0 Å². The topological polar surface area (TPSA) is 58.6 Å². The molecule has 4 heteroatoms. The maximum atomic E-state index is 12.6. The van der Waals surface area contributed by atoms with Crippen molar-refractivity contribution in [2.24, 2.45) is 0 Å². The van der Waals surface area contributed by atoms with Crippen molar-refractivity contribution in [1.29, 1.82) is 0 Å². The second-order valence-corrected chi connectivity index (χ2v) is 7.78. The van der Waals surface area contributed by atoms with Gasteiger partial charge in [-0.25, -0.2) is 0 Å². The normalized spacial score (nSPS) is 20.5. The quantitative estimate of drug-likeness (QED) is 0.891. The molecule has 130 valence electrons. The zero-order valence-corrected chi connectivity index (χ0v) is 14.7. The predicted molar refractivity (Wildman–Crippen MR) is 95.2 cm³/mol. The molecule has 4 nitrogen and oxygen atoms in total. The first-order chi connectivity index (χ1) is 11.8. The Hall–Kier alpha value is -1.42. The molecule has 1 aromatic heterocycles. The van der Waals surface area contributed by atoms with E-state index in [9.17, 15) is 4.79 Å². The van der Waals surface area contributed by atoms with E-state index in [1.54, 1.807) is 0 Å². The Morgan fingerprint density at radius 2 is 1.58 bits per heavy atom. The largest absolute Gasteiger partial charge is 0.336 e. The first-order valence-corrected chi connectivity index (χ1v) is 9.98. The Balaban J connectivity index is 1.47. The van der Waals surface area contributed by atoms with Gasteiger partial charge in [0, 0.05) is 11.4 Å². The lowest BCUT2D eigenvalue weighted by Crippen LogP contribution is -2.91. The summed E-state index contributed by atoms with van der Waals surface area (Å²) in [6.07, 6.45) is 14.5. The third-order valence-corrected chi connectivity index (χ3v) is 6.05. The summed E-state index contributed by atoms with van der Waals surface area (Å²) in [6.45, 7) is 0.566. The third-order valence-electron chi connectivity index (χ3n) is 6.05. The van der Waals surface area contributed by atoms with Gasteiger partial charge in [-0.1, -0.05) is 6.42 Å². The fourth-order valence-corrected chi connectivity index (χ4v) is 4.73. The molecule has 0 saturated heterocycles. The summed E-state index contributed by atoms with van der Waals surface area (Å²) in [6, 6.07) is 0.654. The van der Waals surface area contributed by atoms with Crippen LogP contribution in [0.15, 0.2) is 0 Å². The van der Waals surface area contributed by atoms with Gasteiger partial charge in [-0.3, -0.25) is 9.78 Å². The van der Waals surface area contributed by atoms with Gasteiger partial charge in [-0.05, 0) is 81.8 Å². The smallest absolute Gasteiger partial charge is 0.279 e.